The number of nitrogens with zero attached hydrogens (tertiary/aromatic N) is 4. The molecule has 1 atom stereocenters. The van der Waals surface area contributed by atoms with Crippen LogP contribution in [-0.4, -0.2) is 41.5 Å². The van der Waals surface area contributed by atoms with Crippen molar-refractivity contribution in [1.29, 1.82) is 5.26 Å². The number of hydrogen-bond donors (Lipinski definition) is 0. The average Bonchev–Trinajstić information content (AvgIpc) is 2.79. The minimum Gasteiger partial charge on any atom is -0.353 e. The molecule has 1 aromatic heterocycles. The Morgan fingerprint density at radius 3 is 3.05 bits per heavy atom. The van der Waals surface area contributed by atoms with Gasteiger partial charge >= 0.3 is 0 Å². The number of anilines is 1. The number of carbonyl (C=O) groups excluding carboxylic acids is 1. The van der Waals surface area contributed by atoms with Crippen molar-refractivity contribution in [2.75, 3.05) is 24.5 Å². The maximum atomic E-state index is 11.7. The molecule has 2 saturated heterocycles. The second kappa shape index (κ2) is 4.54. The fraction of sp³-hybridized carbons (Fsp3) is 0.500. The zero-order chi connectivity index (χ0) is 13.4. The van der Waals surface area contributed by atoms with E-state index < -0.39 is 0 Å². The summed E-state index contributed by atoms with van der Waals surface area (Å²) >= 11 is 0. The lowest BCUT2D eigenvalue weighted by Gasteiger charge is -2.38. The van der Waals surface area contributed by atoms with E-state index in [4.69, 9.17) is 5.26 Å². The number of fused-ring (bicyclic) bond motifs is 1. The summed E-state index contributed by atoms with van der Waals surface area (Å²) in [6.45, 7) is 4.29. The molecule has 19 heavy (non-hydrogen) atoms. The first kappa shape index (κ1) is 12.0. The van der Waals surface area contributed by atoms with Gasteiger partial charge in [-0.15, -0.1) is 0 Å². The van der Waals surface area contributed by atoms with Crippen LogP contribution in [0.1, 0.15) is 24.1 Å². The molecule has 3 rings (SSSR count). The van der Waals surface area contributed by atoms with Gasteiger partial charge in [0.1, 0.15) is 5.82 Å². The average molecular weight is 256 g/mol. The van der Waals surface area contributed by atoms with Crippen LogP contribution in [0.4, 0.5) is 5.82 Å². The SMILES string of the molecule is Cc1cc(C#N)cc(N2CCN3C(=O)CCC3C2)n1. The number of aryl methyl sites for hydroxylation is 1. The van der Waals surface area contributed by atoms with Crippen LogP contribution in [0.25, 0.3) is 0 Å². The normalized spacial score (nSPS) is 22.3. The molecule has 0 aromatic carbocycles. The number of nitriles is 1. The van der Waals surface area contributed by atoms with Crippen LogP contribution < -0.4 is 4.90 Å². The van der Waals surface area contributed by atoms with E-state index in [1.54, 1.807) is 6.07 Å². The lowest BCUT2D eigenvalue weighted by molar-refractivity contribution is -0.129. The summed E-state index contributed by atoms with van der Waals surface area (Å²) in [7, 11) is 0. The molecule has 0 spiro atoms. The molecular formula is C14H16N4O. The number of carbonyl (C=O) groups is 1. The summed E-state index contributed by atoms with van der Waals surface area (Å²) in [6.07, 6.45) is 1.61. The smallest absolute Gasteiger partial charge is 0.223 e. The van der Waals surface area contributed by atoms with Crippen LogP contribution >= 0.6 is 0 Å². The molecular weight excluding hydrogens is 240 g/mol. The molecule has 0 saturated carbocycles. The first-order chi connectivity index (χ1) is 9.17. The molecule has 0 N–H and O–H groups in total. The third-order valence-corrected chi connectivity index (χ3v) is 3.89. The van der Waals surface area contributed by atoms with Crippen LogP contribution in [-0.2, 0) is 4.79 Å². The van der Waals surface area contributed by atoms with E-state index in [0.717, 1.165) is 37.6 Å². The molecule has 5 nitrogen and oxygen atoms in total. The van der Waals surface area contributed by atoms with E-state index in [1.807, 2.05) is 17.9 Å². The predicted molar refractivity (Wildman–Crippen MR) is 70.6 cm³/mol. The molecule has 0 aliphatic carbocycles. The van der Waals surface area contributed by atoms with E-state index in [9.17, 15) is 4.79 Å². The Labute approximate surface area is 112 Å². The highest BCUT2D eigenvalue weighted by Gasteiger charge is 2.35. The van der Waals surface area contributed by atoms with Gasteiger partial charge < -0.3 is 9.80 Å². The van der Waals surface area contributed by atoms with Crippen LogP contribution in [0.15, 0.2) is 12.1 Å². The molecule has 2 fully saturated rings. The van der Waals surface area contributed by atoms with Crippen LogP contribution in [0.5, 0.6) is 0 Å². The van der Waals surface area contributed by atoms with Gasteiger partial charge in [-0.05, 0) is 25.5 Å². The van der Waals surface area contributed by atoms with Crippen molar-refractivity contribution in [2.45, 2.75) is 25.8 Å². The van der Waals surface area contributed by atoms with Gasteiger partial charge in [-0.2, -0.15) is 5.26 Å². The van der Waals surface area contributed by atoms with E-state index in [1.165, 1.54) is 0 Å². The molecule has 2 aliphatic rings. The standard InChI is InChI=1S/C14H16N4O/c1-10-6-11(8-15)7-13(16-10)17-4-5-18-12(9-17)2-3-14(18)19/h6-7,12H,2-5,9H2,1H3. The van der Waals surface area contributed by atoms with Gasteiger partial charge in [-0.3, -0.25) is 4.79 Å². The fourth-order valence-electron chi connectivity index (χ4n) is 2.95. The summed E-state index contributed by atoms with van der Waals surface area (Å²) < 4.78 is 0. The highest BCUT2D eigenvalue weighted by atomic mass is 16.2. The Hall–Kier alpha value is -2.09. The molecule has 1 unspecified atom stereocenters. The van der Waals surface area contributed by atoms with Crippen LogP contribution in [0.3, 0.4) is 0 Å². The molecule has 1 amide bonds. The predicted octanol–water partition coefficient (Wildman–Crippen LogP) is 1.07. The second-order valence-corrected chi connectivity index (χ2v) is 5.19. The number of amides is 1. The highest BCUT2D eigenvalue weighted by Crippen LogP contribution is 2.25. The molecule has 5 heteroatoms. The van der Waals surface area contributed by atoms with E-state index in [0.29, 0.717) is 18.0 Å². The van der Waals surface area contributed by atoms with Crippen molar-refractivity contribution in [3.63, 3.8) is 0 Å². The van der Waals surface area contributed by atoms with Crippen molar-refractivity contribution >= 4 is 11.7 Å². The van der Waals surface area contributed by atoms with Crippen molar-refractivity contribution < 1.29 is 4.79 Å². The summed E-state index contributed by atoms with van der Waals surface area (Å²) in [5, 5.41) is 9.02. The quantitative estimate of drug-likeness (QED) is 0.754. The lowest BCUT2D eigenvalue weighted by Crippen LogP contribution is -2.51. The first-order valence-corrected chi connectivity index (χ1v) is 6.60. The van der Waals surface area contributed by atoms with Gasteiger partial charge in [-0.1, -0.05) is 0 Å². The number of hydrogen-bond acceptors (Lipinski definition) is 4. The van der Waals surface area contributed by atoms with Gasteiger partial charge in [-0.25, -0.2) is 4.98 Å². The Morgan fingerprint density at radius 2 is 2.26 bits per heavy atom. The van der Waals surface area contributed by atoms with Crippen LogP contribution in [0, 0.1) is 18.3 Å². The Kier molecular flexibility index (Phi) is 2.86. The summed E-state index contributed by atoms with van der Waals surface area (Å²) in [6, 6.07) is 6.11. The third kappa shape index (κ3) is 2.14. The summed E-state index contributed by atoms with van der Waals surface area (Å²) in [5.74, 6) is 1.13. The van der Waals surface area contributed by atoms with Crippen LogP contribution in [0.2, 0.25) is 0 Å². The first-order valence-electron chi connectivity index (χ1n) is 6.60. The fourth-order valence-corrected chi connectivity index (χ4v) is 2.95. The summed E-state index contributed by atoms with van der Waals surface area (Å²) in [5.41, 5.74) is 1.51. The Bertz CT molecular complexity index is 563. The Morgan fingerprint density at radius 1 is 1.42 bits per heavy atom. The topological polar surface area (TPSA) is 60.2 Å². The van der Waals surface area contributed by atoms with E-state index >= 15 is 0 Å². The minimum atomic E-state index is 0.277. The number of piperazine rings is 1. The van der Waals surface area contributed by atoms with E-state index in [-0.39, 0.29) is 5.91 Å². The number of pyridine rings is 1. The maximum Gasteiger partial charge on any atom is 0.223 e. The number of rotatable bonds is 1. The molecule has 1 aromatic rings. The zero-order valence-electron chi connectivity index (χ0n) is 11.0. The van der Waals surface area contributed by atoms with Gasteiger partial charge in [0.2, 0.25) is 5.91 Å². The molecule has 0 bridgehead atoms. The Balaban J connectivity index is 1.83. The van der Waals surface area contributed by atoms with Crippen molar-refractivity contribution in [1.82, 2.24) is 9.88 Å². The van der Waals surface area contributed by atoms with Crippen molar-refractivity contribution in [2.24, 2.45) is 0 Å². The van der Waals surface area contributed by atoms with Gasteiger partial charge in [0, 0.05) is 37.8 Å². The zero-order valence-corrected chi connectivity index (χ0v) is 11.0. The number of aromatic nitrogens is 1. The van der Waals surface area contributed by atoms with Gasteiger partial charge in [0.15, 0.2) is 0 Å². The molecule has 3 heterocycles. The van der Waals surface area contributed by atoms with Crippen molar-refractivity contribution in [3.05, 3.63) is 23.4 Å². The summed E-state index contributed by atoms with van der Waals surface area (Å²) in [4.78, 5) is 20.3. The highest BCUT2D eigenvalue weighted by molar-refractivity contribution is 5.79. The van der Waals surface area contributed by atoms with Gasteiger partial charge in [0.05, 0.1) is 11.6 Å². The monoisotopic (exact) mass is 256 g/mol. The molecule has 2 aliphatic heterocycles. The lowest BCUT2D eigenvalue weighted by atomic mass is 10.1. The largest absolute Gasteiger partial charge is 0.353 e. The van der Waals surface area contributed by atoms with E-state index in [2.05, 4.69) is 16.0 Å². The second-order valence-electron chi connectivity index (χ2n) is 5.19. The molecule has 98 valence electrons. The van der Waals surface area contributed by atoms with Gasteiger partial charge in [0.25, 0.3) is 0 Å². The third-order valence-electron chi connectivity index (χ3n) is 3.89. The minimum absolute atomic E-state index is 0.277. The maximum absolute atomic E-state index is 11.7. The van der Waals surface area contributed by atoms with Crippen molar-refractivity contribution in [3.8, 4) is 6.07 Å². The molecule has 0 radical (unpaired) electrons.